The lowest BCUT2D eigenvalue weighted by molar-refractivity contribution is 0.294. The minimum atomic E-state index is 0.546. The van der Waals surface area contributed by atoms with E-state index in [0.29, 0.717) is 11.8 Å². The van der Waals surface area contributed by atoms with E-state index in [1.165, 1.54) is 6.42 Å². The first-order valence-electron chi connectivity index (χ1n) is 5.11. The van der Waals surface area contributed by atoms with Gasteiger partial charge in [0.15, 0.2) is 0 Å². The molecule has 13 heavy (non-hydrogen) atoms. The van der Waals surface area contributed by atoms with Gasteiger partial charge in [-0.3, -0.25) is 4.99 Å². The van der Waals surface area contributed by atoms with Crippen LogP contribution in [0.15, 0.2) is 9.98 Å². The predicted molar refractivity (Wildman–Crippen MR) is 55.3 cm³/mol. The zero-order valence-electron chi connectivity index (χ0n) is 8.40. The normalized spacial score (nSPS) is 27.5. The molecule has 3 heteroatoms. The molecule has 1 saturated heterocycles. The molecule has 2 aliphatic heterocycles. The van der Waals surface area contributed by atoms with Crippen molar-refractivity contribution in [1.29, 1.82) is 0 Å². The van der Waals surface area contributed by atoms with Crippen LogP contribution in [-0.4, -0.2) is 36.7 Å². The lowest BCUT2D eigenvalue weighted by atomic mass is 9.97. The number of rotatable bonds is 1. The SMILES string of the molecule is CC(C)C1C=NC(N2CCC2)=NC1. The topological polar surface area (TPSA) is 28.0 Å². The molecule has 0 aromatic rings. The third-order valence-electron chi connectivity index (χ3n) is 2.82. The number of likely N-dealkylation sites (tertiary alicyclic amines) is 1. The third-order valence-corrected chi connectivity index (χ3v) is 2.82. The van der Waals surface area contributed by atoms with E-state index >= 15 is 0 Å². The van der Waals surface area contributed by atoms with Crippen molar-refractivity contribution in [3.8, 4) is 0 Å². The minimum absolute atomic E-state index is 0.546. The summed E-state index contributed by atoms with van der Waals surface area (Å²) in [6, 6.07) is 0. The Morgan fingerprint density at radius 2 is 2.23 bits per heavy atom. The number of hydrogen-bond acceptors (Lipinski definition) is 3. The molecule has 0 aromatic carbocycles. The Morgan fingerprint density at radius 3 is 2.62 bits per heavy atom. The zero-order valence-corrected chi connectivity index (χ0v) is 8.40. The minimum Gasteiger partial charge on any atom is -0.341 e. The Bertz CT molecular complexity index is 239. The summed E-state index contributed by atoms with van der Waals surface area (Å²) in [6.45, 7) is 7.65. The average Bonchev–Trinajstić information content (AvgIpc) is 2.02. The number of hydrogen-bond donors (Lipinski definition) is 0. The molecule has 1 atom stereocenters. The predicted octanol–water partition coefficient (Wildman–Crippen LogP) is 1.40. The van der Waals surface area contributed by atoms with Gasteiger partial charge in [-0.15, -0.1) is 0 Å². The lowest BCUT2D eigenvalue weighted by Crippen LogP contribution is -2.42. The van der Waals surface area contributed by atoms with Gasteiger partial charge in [-0.1, -0.05) is 13.8 Å². The fourth-order valence-corrected chi connectivity index (χ4v) is 1.52. The Labute approximate surface area is 79.6 Å². The van der Waals surface area contributed by atoms with Crippen LogP contribution in [-0.2, 0) is 0 Å². The van der Waals surface area contributed by atoms with Crippen molar-refractivity contribution < 1.29 is 0 Å². The van der Waals surface area contributed by atoms with Gasteiger partial charge in [0.25, 0.3) is 0 Å². The van der Waals surface area contributed by atoms with E-state index < -0.39 is 0 Å². The van der Waals surface area contributed by atoms with E-state index in [2.05, 4.69) is 34.9 Å². The zero-order chi connectivity index (χ0) is 9.26. The number of aliphatic imine (C=N–C) groups is 2. The molecule has 0 aliphatic carbocycles. The average molecular weight is 179 g/mol. The van der Waals surface area contributed by atoms with Crippen molar-refractivity contribution in [2.75, 3.05) is 19.6 Å². The standard InChI is InChI=1S/C10H17N3/c1-8(2)9-6-11-10(12-7-9)13-4-3-5-13/h6,8-9H,3-5,7H2,1-2H3. The van der Waals surface area contributed by atoms with Gasteiger partial charge in [-0.25, -0.2) is 4.99 Å². The van der Waals surface area contributed by atoms with Gasteiger partial charge in [-0.2, -0.15) is 0 Å². The maximum atomic E-state index is 4.50. The Balaban J connectivity index is 1.93. The van der Waals surface area contributed by atoms with E-state index in [1.807, 2.05) is 0 Å². The molecule has 3 nitrogen and oxygen atoms in total. The summed E-state index contributed by atoms with van der Waals surface area (Å²) in [6.07, 6.45) is 3.37. The third kappa shape index (κ3) is 1.74. The second-order valence-corrected chi connectivity index (χ2v) is 4.17. The van der Waals surface area contributed by atoms with Gasteiger partial charge in [0, 0.05) is 25.2 Å². The molecule has 0 amide bonds. The van der Waals surface area contributed by atoms with Crippen molar-refractivity contribution >= 4 is 12.2 Å². The van der Waals surface area contributed by atoms with Crippen LogP contribution in [0.5, 0.6) is 0 Å². The molecule has 0 bridgehead atoms. The highest BCUT2D eigenvalue weighted by molar-refractivity contribution is 5.90. The maximum absolute atomic E-state index is 4.50. The van der Waals surface area contributed by atoms with Crippen LogP contribution in [0.4, 0.5) is 0 Å². The molecule has 0 saturated carbocycles. The molecule has 2 heterocycles. The summed E-state index contributed by atoms with van der Waals surface area (Å²) in [7, 11) is 0. The first-order valence-corrected chi connectivity index (χ1v) is 5.11. The van der Waals surface area contributed by atoms with Gasteiger partial charge < -0.3 is 4.90 Å². The molecule has 72 valence electrons. The summed E-state index contributed by atoms with van der Waals surface area (Å²) >= 11 is 0. The molecular formula is C10H17N3. The van der Waals surface area contributed by atoms with Crippen LogP contribution < -0.4 is 0 Å². The Morgan fingerprint density at radius 1 is 1.46 bits per heavy atom. The van der Waals surface area contributed by atoms with Gasteiger partial charge in [0.1, 0.15) is 0 Å². The molecule has 2 aliphatic rings. The summed E-state index contributed by atoms with van der Waals surface area (Å²) in [5.41, 5.74) is 0. The second-order valence-electron chi connectivity index (χ2n) is 4.17. The summed E-state index contributed by atoms with van der Waals surface area (Å²) in [5.74, 6) is 2.17. The molecule has 0 N–H and O–H groups in total. The highest BCUT2D eigenvalue weighted by Gasteiger charge is 2.21. The van der Waals surface area contributed by atoms with Crippen molar-refractivity contribution in [2.45, 2.75) is 20.3 Å². The van der Waals surface area contributed by atoms with Crippen molar-refractivity contribution in [2.24, 2.45) is 21.8 Å². The van der Waals surface area contributed by atoms with Gasteiger partial charge in [-0.05, 0) is 12.3 Å². The van der Waals surface area contributed by atoms with Crippen molar-refractivity contribution in [1.82, 2.24) is 4.90 Å². The Kier molecular flexibility index (Phi) is 2.34. The van der Waals surface area contributed by atoms with Crippen LogP contribution in [0.2, 0.25) is 0 Å². The molecule has 1 fully saturated rings. The summed E-state index contributed by atoms with van der Waals surface area (Å²) in [5, 5.41) is 0. The quantitative estimate of drug-likeness (QED) is 0.598. The van der Waals surface area contributed by atoms with E-state index in [4.69, 9.17) is 0 Å². The van der Waals surface area contributed by atoms with Crippen LogP contribution in [0.3, 0.4) is 0 Å². The monoisotopic (exact) mass is 179 g/mol. The highest BCUT2D eigenvalue weighted by Crippen LogP contribution is 2.15. The maximum Gasteiger partial charge on any atom is 0.220 e. The lowest BCUT2D eigenvalue weighted by Gasteiger charge is -2.33. The van der Waals surface area contributed by atoms with Crippen LogP contribution in [0, 0.1) is 11.8 Å². The second kappa shape index (κ2) is 3.48. The van der Waals surface area contributed by atoms with Crippen LogP contribution >= 0.6 is 0 Å². The Hall–Kier alpha value is -0.860. The van der Waals surface area contributed by atoms with Gasteiger partial charge >= 0.3 is 0 Å². The number of nitrogens with zero attached hydrogens (tertiary/aromatic N) is 3. The van der Waals surface area contributed by atoms with Crippen molar-refractivity contribution in [3.05, 3.63) is 0 Å². The molecule has 0 aromatic heterocycles. The first kappa shape index (κ1) is 8.73. The van der Waals surface area contributed by atoms with Gasteiger partial charge in [0.05, 0.1) is 6.54 Å². The van der Waals surface area contributed by atoms with E-state index in [-0.39, 0.29) is 0 Å². The molecule has 1 unspecified atom stereocenters. The molecule has 0 radical (unpaired) electrons. The first-order chi connectivity index (χ1) is 6.27. The molecule has 0 spiro atoms. The van der Waals surface area contributed by atoms with Gasteiger partial charge in [0.2, 0.25) is 5.96 Å². The van der Waals surface area contributed by atoms with Crippen molar-refractivity contribution in [3.63, 3.8) is 0 Å². The molecular weight excluding hydrogens is 162 g/mol. The fraction of sp³-hybridized carbons (Fsp3) is 0.800. The van der Waals surface area contributed by atoms with E-state index in [0.717, 1.165) is 25.6 Å². The summed E-state index contributed by atoms with van der Waals surface area (Å²) < 4.78 is 0. The van der Waals surface area contributed by atoms with E-state index in [9.17, 15) is 0 Å². The smallest absolute Gasteiger partial charge is 0.220 e. The summed E-state index contributed by atoms with van der Waals surface area (Å²) in [4.78, 5) is 11.1. The number of guanidine groups is 1. The van der Waals surface area contributed by atoms with Crippen LogP contribution in [0.1, 0.15) is 20.3 Å². The molecule has 2 rings (SSSR count). The highest BCUT2D eigenvalue weighted by atomic mass is 15.3. The largest absolute Gasteiger partial charge is 0.341 e. The van der Waals surface area contributed by atoms with Crippen LogP contribution in [0.25, 0.3) is 0 Å². The fourth-order valence-electron chi connectivity index (χ4n) is 1.52. The van der Waals surface area contributed by atoms with E-state index in [1.54, 1.807) is 0 Å².